The van der Waals surface area contributed by atoms with Crippen LogP contribution in [0.3, 0.4) is 0 Å². The molecule has 4 N–H and O–H groups in total. The van der Waals surface area contributed by atoms with Crippen molar-refractivity contribution in [1.82, 2.24) is 0 Å². The summed E-state index contributed by atoms with van der Waals surface area (Å²) in [5.41, 5.74) is 0.433. The van der Waals surface area contributed by atoms with Crippen LogP contribution in [0.5, 0.6) is 0 Å². The summed E-state index contributed by atoms with van der Waals surface area (Å²) in [4.78, 5) is 32.9. The van der Waals surface area contributed by atoms with Gasteiger partial charge in [0.15, 0.2) is 5.76 Å². The lowest BCUT2D eigenvalue weighted by atomic mass is 10.1. The molecule has 1 rings (SSSR count). The summed E-state index contributed by atoms with van der Waals surface area (Å²) < 4.78 is 0. The lowest BCUT2D eigenvalue weighted by Gasteiger charge is -2.11. The lowest BCUT2D eigenvalue weighted by molar-refractivity contribution is -0.427. The number of hydrogen-bond acceptors (Lipinski definition) is 6. The molecule has 1 aromatic carbocycles. The van der Waals surface area contributed by atoms with Gasteiger partial charge in [0.1, 0.15) is 0 Å². The number of carbonyl (C=O) groups is 2. The minimum Gasteiger partial charge on any atom is -0.504 e. The van der Waals surface area contributed by atoms with Gasteiger partial charge in [0.2, 0.25) is 11.7 Å². The lowest BCUT2D eigenvalue weighted by Crippen LogP contribution is -2.14. The number of rotatable bonds is 7. The van der Waals surface area contributed by atoms with E-state index < -0.39 is 34.0 Å². The Morgan fingerprint density at radius 3 is 2.27 bits per heavy atom. The van der Waals surface area contributed by atoms with E-state index in [0.717, 1.165) is 6.92 Å². The molecule has 1 amide bonds. The fraction of sp³-hybridized carbons (Fsp3) is 0.294. The molecule has 9 heteroatoms. The summed E-state index contributed by atoms with van der Waals surface area (Å²) in [6, 6.07) is 4.49. The van der Waals surface area contributed by atoms with Crippen molar-refractivity contribution in [3.63, 3.8) is 0 Å². The number of aliphatic hydroxyl groups excluding tert-OH is 2. The summed E-state index contributed by atoms with van der Waals surface area (Å²) in [5, 5.41) is 41.7. The van der Waals surface area contributed by atoms with Crippen molar-refractivity contribution >= 4 is 17.6 Å². The van der Waals surface area contributed by atoms with Gasteiger partial charge in [-0.25, -0.2) is 4.79 Å². The molecule has 0 unspecified atom stereocenters. The quantitative estimate of drug-likeness (QED) is 0.251. The molecule has 0 aromatic heterocycles. The number of hydrogen-bond donors (Lipinski definition) is 4. The van der Waals surface area contributed by atoms with Crippen molar-refractivity contribution in [2.24, 2.45) is 0 Å². The fourth-order valence-corrected chi connectivity index (χ4v) is 2.09. The minimum atomic E-state index is -1.11. The number of nitrogens with zero attached hydrogens (tertiary/aromatic N) is 1. The van der Waals surface area contributed by atoms with Crippen LogP contribution < -0.4 is 5.32 Å². The van der Waals surface area contributed by atoms with Crippen LogP contribution in [0.15, 0.2) is 41.0 Å². The van der Waals surface area contributed by atoms with Crippen LogP contribution in [0.1, 0.15) is 42.6 Å². The fourth-order valence-electron chi connectivity index (χ4n) is 2.09. The molecule has 26 heavy (non-hydrogen) atoms. The standard InChI is InChI=1S/C17H20N2O7/c1-9(15(21)16(22)11(3)19(25)26)7-8-14(20)18-13-6-4-5-12(10(13)2)17(23)24/h4-6,21-22H,7-8H2,1-3H3,(H,18,20)(H,23,24)/b15-9-,16-11-. The second-order valence-electron chi connectivity index (χ2n) is 5.65. The highest BCUT2D eigenvalue weighted by Crippen LogP contribution is 2.21. The smallest absolute Gasteiger partial charge is 0.336 e. The van der Waals surface area contributed by atoms with E-state index in [1.165, 1.54) is 19.1 Å². The minimum absolute atomic E-state index is 0.0460. The van der Waals surface area contributed by atoms with E-state index in [-0.39, 0.29) is 24.0 Å². The van der Waals surface area contributed by atoms with Crippen molar-refractivity contribution in [2.75, 3.05) is 5.32 Å². The highest BCUT2D eigenvalue weighted by molar-refractivity contribution is 5.96. The molecule has 0 spiro atoms. The third-order valence-corrected chi connectivity index (χ3v) is 3.81. The Kier molecular flexibility index (Phi) is 6.88. The van der Waals surface area contributed by atoms with E-state index in [1.54, 1.807) is 13.0 Å². The molecule has 0 aliphatic rings. The monoisotopic (exact) mass is 364 g/mol. The first-order valence-electron chi connectivity index (χ1n) is 7.62. The SMILES string of the molecule is C/C(CCC(=O)Nc1cccc(C(=O)O)c1C)=C(O)\C(O)=C(/C)[N+](=O)[O-]. The third-order valence-electron chi connectivity index (χ3n) is 3.81. The Bertz CT molecular complexity index is 809. The Labute approximate surface area is 149 Å². The molecule has 0 aliphatic heterocycles. The normalized spacial score (nSPS) is 12.7. The van der Waals surface area contributed by atoms with Crippen molar-refractivity contribution in [1.29, 1.82) is 0 Å². The van der Waals surface area contributed by atoms with Crippen LogP contribution in [-0.4, -0.2) is 32.1 Å². The molecule has 140 valence electrons. The second kappa shape index (κ2) is 8.65. The first-order valence-corrected chi connectivity index (χ1v) is 7.62. The predicted octanol–water partition coefficient (Wildman–Crippen LogP) is 3.31. The number of nitro groups is 1. The topological polar surface area (TPSA) is 150 Å². The van der Waals surface area contributed by atoms with Gasteiger partial charge in [0.25, 0.3) is 5.70 Å². The number of carbonyl (C=O) groups excluding carboxylic acids is 1. The molecule has 0 fully saturated rings. The number of anilines is 1. The van der Waals surface area contributed by atoms with Crippen LogP contribution in [0.4, 0.5) is 5.69 Å². The number of allylic oxidation sites excluding steroid dienone is 2. The predicted molar refractivity (Wildman–Crippen MR) is 93.7 cm³/mol. The van der Waals surface area contributed by atoms with Crippen LogP contribution >= 0.6 is 0 Å². The number of aliphatic hydroxyl groups is 2. The summed E-state index contributed by atoms with van der Waals surface area (Å²) in [5.74, 6) is -3.03. The first-order chi connectivity index (χ1) is 12.1. The van der Waals surface area contributed by atoms with E-state index in [9.17, 15) is 29.9 Å². The number of nitrogens with one attached hydrogen (secondary N) is 1. The zero-order valence-corrected chi connectivity index (χ0v) is 14.6. The van der Waals surface area contributed by atoms with Crippen LogP contribution in [0.25, 0.3) is 0 Å². The third kappa shape index (κ3) is 5.07. The van der Waals surface area contributed by atoms with Crippen LogP contribution in [0, 0.1) is 17.0 Å². The zero-order chi connectivity index (χ0) is 20.0. The molecule has 9 nitrogen and oxygen atoms in total. The van der Waals surface area contributed by atoms with E-state index in [1.807, 2.05) is 0 Å². The van der Waals surface area contributed by atoms with Crippen molar-refractivity contribution < 1.29 is 29.8 Å². The van der Waals surface area contributed by atoms with Gasteiger partial charge in [-0.05, 0) is 43.5 Å². The van der Waals surface area contributed by atoms with E-state index in [0.29, 0.717) is 11.3 Å². The highest BCUT2D eigenvalue weighted by atomic mass is 16.6. The number of amides is 1. The number of carboxylic acid groups (broad SMARTS) is 1. The van der Waals surface area contributed by atoms with E-state index >= 15 is 0 Å². The molecular weight excluding hydrogens is 344 g/mol. The van der Waals surface area contributed by atoms with Crippen molar-refractivity contribution in [3.05, 3.63) is 62.2 Å². The molecule has 0 bridgehead atoms. The summed E-state index contributed by atoms with van der Waals surface area (Å²) >= 11 is 0. The Morgan fingerprint density at radius 2 is 1.73 bits per heavy atom. The van der Waals surface area contributed by atoms with Crippen LogP contribution in [0.2, 0.25) is 0 Å². The van der Waals surface area contributed by atoms with Crippen LogP contribution in [-0.2, 0) is 4.79 Å². The van der Waals surface area contributed by atoms with Gasteiger partial charge in [0.05, 0.1) is 10.5 Å². The van der Waals surface area contributed by atoms with Gasteiger partial charge >= 0.3 is 5.97 Å². The molecular formula is C17H20N2O7. The average molecular weight is 364 g/mol. The Balaban J connectivity index is 2.83. The molecule has 0 atom stereocenters. The maximum atomic E-state index is 12.0. The number of benzene rings is 1. The van der Waals surface area contributed by atoms with E-state index in [2.05, 4.69) is 5.32 Å². The second-order valence-corrected chi connectivity index (χ2v) is 5.65. The van der Waals surface area contributed by atoms with Gasteiger partial charge in [0, 0.05) is 19.0 Å². The van der Waals surface area contributed by atoms with E-state index in [4.69, 9.17) is 5.11 Å². The summed E-state index contributed by atoms with van der Waals surface area (Å²) in [7, 11) is 0. The molecule has 0 heterocycles. The average Bonchev–Trinajstić information content (AvgIpc) is 2.59. The maximum absolute atomic E-state index is 12.0. The molecule has 0 saturated carbocycles. The van der Waals surface area contributed by atoms with Gasteiger partial charge in [-0.2, -0.15) is 0 Å². The highest BCUT2D eigenvalue weighted by Gasteiger charge is 2.18. The maximum Gasteiger partial charge on any atom is 0.336 e. The Hall–Kier alpha value is -3.36. The molecule has 0 radical (unpaired) electrons. The van der Waals surface area contributed by atoms with Crippen molar-refractivity contribution in [2.45, 2.75) is 33.6 Å². The van der Waals surface area contributed by atoms with Gasteiger partial charge < -0.3 is 20.6 Å². The summed E-state index contributed by atoms with van der Waals surface area (Å²) in [6.07, 6.45) is -0.0260. The Morgan fingerprint density at radius 1 is 1.12 bits per heavy atom. The van der Waals surface area contributed by atoms with Gasteiger partial charge in [-0.3, -0.25) is 14.9 Å². The van der Waals surface area contributed by atoms with Gasteiger partial charge in [-0.1, -0.05) is 6.07 Å². The van der Waals surface area contributed by atoms with Gasteiger partial charge in [-0.15, -0.1) is 0 Å². The molecule has 1 aromatic rings. The number of aromatic carboxylic acids is 1. The summed E-state index contributed by atoms with van der Waals surface area (Å²) in [6.45, 7) is 4.05. The zero-order valence-electron chi connectivity index (χ0n) is 14.6. The molecule has 0 saturated heterocycles. The largest absolute Gasteiger partial charge is 0.504 e. The van der Waals surface area contributed by atoms with Crippen molar-refractivity contribution in [3.8, 4) is 0 Å². The first kappa shape index (κ1) is 20.7. The molecule has 0 aliphatic carbocycles. The number of carboxylic acids is 1.